The summed E-state index contributed by atoms with van der Waals surface area (Å²) in [5, 5.41) is 23.9. The Morgan fingerprint density at radius 3 is 2.48 bits per heavy atom. The molecule has 13 heteroatoms. The van der Waals surface area contributed by atoms with Gasteiger partial charge in [0.15, 0.2) is 5.43 Å². The van der Waals surface area contributed by atoms with Crippen LogP contribution in [0.1, 0.15) is 63.7 Å². The highest BCUT2D eigenvalue weighted by atomic mass is 32.2. The Bertz CT molecular complexity index is 2140. The van der Waals surface area contributed by atoms with Gasteiger partial charge < -0.3 is 29.4 Å². The molecular formula is C41H44N2O10S. The Balaban J connectivity index is 1.18. The number of rotatable bonds is 14. The van der Waals surface area contributed by atoms with Crippen LogP contribution < -0.4 is 15.6 Å². The predicted molar refractivity (Wildman–Crippen MR) is 206 cm³/mol. The summed E-state index contributed by atoms with van der Waals surface area (Å²) in [6.07, 6.45) is 3.87. The number of esters is 1. The van der Waals surface area contributed by atoms with Gasteiger partial charge in [-0.25, -0.2) is 14.5 Å². The normalized spacial score (nSPS) is 20.2. The van der Waals surface area contributed by atoms with E-state index < -0.39 is 23.0 Å². The zero-order valence-electron chi connectivity index (χ0n) is 30.6. The van der Waals surface area contributed by atoms with E-state index in [9.17, 15) is 34.2 Å². The number of carboxylic acid groups (broad SMARTS) is 1. The number of phenolic OH excluding ortho intramolecular Hbond substituents is 1. The Morgan fingerprint density at radius 1 is 1.00 bits per heavy atom. The summed E-state index contributed by atoms with van der Waals surface area (Å²) in [4.78, 5) is 65.6. The highest BCUT2D eigenvalue weighted by Crippen LogP contribution is 2.43. The van der Waals surface area contributed by atoms with Gasteiger partial charge >= 0.3 is 11.9 Å². The number of fused-ring (bicyclic) bond motifs is 2. The van der Waals surface area contributed by atoms with Crippen molar-refractivity contribution in [3.8, 4) is 28.2 Å². The SMILES string of the molecule is CCOC(=O)C1=C[C@@H](OC(CC)CC)[C@H](C)[C@@H](NCCSC2CC(=O)N(c3ccc(-c4c5ccc(=O)cc-5oc5cc(O)ccc45)c(C(=O)O)c3)C2=O)C1. The van der Waals surface area contributed by atoms with Crippen molar-refractivity contribution in [3.05, 3.63) is 82.0 Å². The van der Waals surface area contributed by atoms with E-state index in [1.807, 2.05) is 6.08 Å². The molecule has 0 radical (unpaired) electrons. The molecule has 0 spiro atoms. The molecule has 2 heterocycles. The lowest BCUT2D eigenvalue weighted by molar-refractivity contribution is -0.139. The van der Waals surface area contributed by atoms with Gasteiger partial charge in [-0.3, -0.25) is 14.4 Å². The zero-order chi connectivity index (χ0) is 38.7. The Morgan fingerprint density at radius 2 is 1.76 bits per heavy atom. The van der Waals surface area contributed by atoms with Crippen molar-refractivity contribution in [2.45, 2.75) is 76.9 Å². The molecule has 2 aromatic carbocycles. The standard InChI is InChI=1S/C41H44N2O10S/c1-5-27(6-2)52-33-17-23(41(50)51-7-3)16-32(22(33)4)42-14-15-54-36-21-37(46)43(39(36)47)24-8-11-28(31(18-24)40(48)49)38-29-12-9-25(44)19-34(29)53-35-20-26(45)10-13-30(35)38/h8-13,17-20,22,27,32-33,36,42,44H,5-7,14-16,21H2,1-4H3,(H,48,49)/t22-,32+,33-,36?/m1/s1. The highest BCUT2D eigenvalue weighted by molar-refractivity contribution is 8.00. The molecule has 3 N–H and O–H groups in total. The van der Waals surface area contributed by atoms with Crippen LogP contribution in [0.5, 0.6) is 5.75 Å². The maximum absolute atomic E-state index is 13.7. The number of imide groups is 1. The number of benzene rings is 3. The molecule has 1 fully saturated rings. The summed E-state index contributed by atoms with van der Waals surface area (Å²) >= 11 is 1.35. The number of aromatic carboxylic acids is 1. The average Bonchev–Trinajstić information content (AvgIpc) is 3.43. The van der Waals surface area contributed by atoms with E-state index in [-0.39, 0.29) is 82.5 Å². The summed E-state index contributed by atoms with van der Waals surface area (Å²) in [7, 11) is 0. The van der Waals surface area contributed by atoms with Crippen molar-refractivity contribution in [1.29, 1.82) is 0 Å². The summed E-state index contributed by atoms with van der Waals surface area (Å²) < 4.78 is 17.6. The number of ether oxygens (including phenoxy) is 2. The van der Waals surface area contributed by atoms with E-state index in [2.05, 4.69) is 26.1 Å². The lowest BCUT2D eigenvalue weighted by atomic mass is 9.83. The van der Waals surface area contributed by atoms with Crippen LogP contribution >= 0.6 is 11.8 Å². The molecule has 0 saturated carbocycles. The molecule has 6 rings (SSSR count). The quantitative estimate of drug-likeness (QED) is 0.0561. The van der Waals surface area contributed by atoms with Crippen molar-refractivity contribution in [2.24, 2.45) is 5.92 Å². The van der Waals surface area contributed by atoms with Gasteiger partial charge in [0.05, 0.1) is 35.3 Å². The fourth-order valence-electron chi connectivity index (χ4n) is 7.24. The van der Waals surface area contributed by atoms with Crippen LogP contribution in [0.25, 0.3) is 33.4 Å². The second-order valence-corrected chi connectivity index (χ2v) is 14.9. The number of aromatic hydroxyl groups is 1. The third-order valence-electron chi connectivity index (χ3n) is 10.1. The molecule has 0 aromatic heterocycles. The van der Waals surface area contributed by atoms with Crippen LogP contribution in [-0.2, 0) is 23.9 Å². The van der Waals surface area contributed by atoms with Crippen LogP contribution in [0.2, 0.25) is 0 Å². The van der Waals surface area contributed by atoms with Crippen LogP contribution in [0, 0.1) is 5.92 Å². The number of hydrogen-bond donors (Lipinski definition) is 3. The second kappa shape index (κ2) is 16.6. The van der Waals surface area contributed by atoms with Crippen LogP contribution in [0.3, 0.4) is 0 Å². The molecule has 4 aliphatic rings. The van der Waals surface area contributed by atoms with Gasteiger partial charge in [0.2, 0.25) is 11.8 Å². The zero-order valence-corrected chi connectivity index (χ0v) is 31.4. The van der Waals surface area contributed by atoms with E-state index >= 15 is 0 Å². The van der Waals surface area contributed by atoms with E-state index in [4.69, 9.17) is 13.9 Å². The maximum atomic E-state index is 13.7. The molecule has 284 valence electrons. The molecule has 12 nitrogen and oxygen atoms in total. The first-order valence-corrected chi connectivity index (χ1v) is 19.3. The fraction of sp³-hybridized carbons (Fsp3) is 0.390. The molecule has 2 amide bonds. The molecule has 2 aliphatic heterocycles. The summed E-state index contributed by atoms with van der Waals surface area (Å²) in [6.45, 7) is 8.81. The number of anilines is 1. The number of thioether (sulfide) groups is 1. The molecule has 2 aliphatic carbocycles. The minimum absolute atomic E-state index is 0.0367. The van der Waals surface area contributed by atoms with Gasteiger partial charge in [-0.15, -0.1) is 11.8 Å². The van der Waals surface area contributed by atoms with Gasteiger partial charge in [-0.2, -0.15) is 0 Å². The Hall–Kier alpha value is -4.98. The van der Waals surface area contributed by atoms with Crippen molar-refractivity contribution in [2.75, 3.05) is 23.8 Å². The number of carbonyl (C=O) groups is 4. The fourth-order valence-corrected chi connectivity index (χ4v) is 8.26. The van der Waals surface area contributed by atoms with E-state index in [0.29, 0.717) is 40.8 Å². The van der Waals surface area contributed by atoms with Gasteiger partial charge in [-0.05, 0) is 74.2 Å². The largest absolute Gasteiger partial charge is 0.508 e. The Kier molecular flexibility index (Phi) is 11.9. The molecule has 54 heavy (non-hydrogen) atoms. The first kappa shape index (κ1) is 38.7. The third kappa shape index (κ3) is 7.94. The van der Waals surface area contributed by atoms with Crippen molar-refractivity contribution in [3.63, 3.8) is 0 Å². The minimum atomic E-state index is -1.28. The van der Waals surface area contributed by atoms with Crippen molar-refractivity contribution in [1.82, 2.24) is 5.32 Å². The summed E-state index contributed by atoms with van der Waals surface area (Å²) in [6, 6.07) is 13.0. The molecule has 2 aromatic rings. The predicted octanol–water partition coefficient (Wildman–Crippen LogP) is 6.40. The lowest BCUT2D eigenvalue weighted by Crippen LogP contribution is -2.46. The number of nitrogens with one attached hydrogen (secondary N) is 1. The van der Waals surface area contributed by atoms with Gasteiger partial charge in [0, 0.05) is 64.9 Å². The van der Waals surface area contributed by atoms with E-state index in [1.165, 1.54) is 48.2 Å². The van der Waals surface area contributed by atoms with E-state index in [1.54, 1.807) is 25.1 Å². The van der Waals surface area contributed by atoms with E-state index in [0.717, 1.165) is 17.7 Å². The molecule has 1 unspecified atom stereocenters. The number of carbonyl (C=O) groups excluding carboxylic acids is 3. The average molecular weight is 757 g/mol. The number of nitrogens with zero attached hydrogens (tertiary/aromatic N) is 1. The van der Waals surface area contributed by atoms with Crippen LogP contribution in [-0.4, -0.2) is 76.4 Å². The van der Waals surface area contributed by atoms with Crippen LogP contribution in [0.15, 0.2) is 75.5 Å². The van der Waals surface area contributed by atoms with Gasteiger partial charge in [0.1, 0.15) is 17.1 Å². The first-order chi connectivity index (χ1) is 25.9. The Labute approximate surface area is 316 Å². The lowest BCUT2D eigenvalue weighted by Gasteiger charge is -2.36. The van der Waals surface area contributed by atoms with Crippen molar-refractivity contribution >= 4 is 52.2 Å². The summed E-state index contributed by atoms with van der Waals surface area (Å²) in [5.74, 6) is -1.78. The van der Waals surface area contributed by atoms with Gasteiger partial charge in [-0.1, -0.05) is 26.8 Å². The monoisotopic (exact) mass is 756 g/mol. The number of hydrogen-bond acceptors (Lipinski definition) is 11. The second-order valence-electron chi connectivity index (χ2n) is 13.6. The molecular weight excluding hydrogens is 713 g/mol. The minimum Gasteiger partial charge on any atom is -0.508 e. The third-order valence-corrected chi connectivity index (χ3v) is 11.3. The van der Waals surface area contributed by atoms with Crippen molar-refractivity contribution < 1.29 is 43.3 Å². The topological polar surface area (TPSA) is 173 Å². The van der Waals surface area contributed by atoms with Crippen LogP contribution in [0.4, 0.5) is 5.69 Å². The molecule has 4 atom stereocenters. The number of phenols is 1. The smallest absolute Gasteiger partial charge is 0.336 e. The number of amides is 2. The van der Waals surface area contributed by atoms with Gasteiger partial charge in [0.25, 0.3) is 0 Å². The maximum Gasteiger partial charge on any atom is 0.336 e. The first-order valence-electron chi connectivity index (χ1n) is 18.3. The molecule has 1 saturated heterocycles. The molecule has 0 bridgehead atoms. The highest BCUT2D eigenvalue weighted by Gasteiger charge is 2.40. The summed E-state index contributed by atoms with van der Waals surface area (Å²) in [5.41, 5.74) is 1.71. The number of carboxylic acids is 1.